The van der Waals surface area contributed by atoms with Crippen LogP contribution in [-0.2, 0) is 6.54 Å². The molecule has 0 amide bonds. The highest BCUT2D eigenvalue weighted by Crippen LogP contribution is 2.28. The highest BCUT2D eigenvalue weighted by atomic mass is 79.9. The highest BCUT2D eigenvalue weighted by Gasteiger charge is 2.24. The van der Waals surface area contributed by atoms with Gasteiger partial charge < -0.3 is 5.32 Å². The summed E-state index contributed by atoms with van der Waals surface area (Å²) in [6.45, 7) is 4.10. The normalized spacial score (nSPS) is 20.2. The van der Waals surface area contributed by atoms with Crippen LogP contribution in [0.1, 0.15) is 31.2 Å². The van der Waals surface area contributed by atoms with Gasteiger partial charge in [0.15, 0.2) is 0 Å². The van der Waals surface area contributed by atoms with E-state index < -0.39 is 0 Å². The third-order valence-electron chi connectivity index (χ3n) is 4.59. The van der Waals surface area contributed by atoms with E-state index in [4.69, 9.17) is 0 Å². The van der Waals surface area contributed by atoms with E-state index in [9.17, 15) is 10.1 Å². The average Bonchev–Trinajstić information content (AvgIpc) is 3.32. The molecule has 1 N–H and O–H groups in total. The number of benzene rings is 1. The molecule has 1 aliphatic heterocycles. The Morgan fingerprint density at radius 2 is 2.00 bits per heavy atom. The van der Waals surface area contributed by atoms with Gasteiger partial charge in [0.05, 0.1) is 9.40 Å². The molecular weight excluding hydrogens is 346 g/mol. The minimum atomic E-state index is -0.332. The Morgan fingerprint density at radius 3 is 2.64 bits per heavy atom. The molecule has 0 radical (unpaired) electrons. The lowest BCUT2D eigenvalue weighted by Gasteiger charge is -2.32. The zero-order valence-electron chi connectivity index (χ0n) is 12.6. The van der Waals surface area contributed by atoms with Crippen molar-refractivity contribution in [1.29, 1.82) is 0 Å². The Morgan fingerprint density at radius 1 is 1.27 bits per heavy atom. The van der Waals surface area contributed by atoms with Crippen LogP contribution in [0.5, 0.6) is 0 Å². The van der Waals surface area contributed by atoms with Gasteiger partial charge in [-0.15, -0.1) is 0 Å². The van der Waals surface area contributed by atoms with Crippen LogP contribution in [0.4, 0.5) is 5.69 Å². The number of hydrogen-bond acceptors (Lipinski definition) is 4. The molecular formula is C16H22BrN3O2. The topological polar surface area (TPSA) is 58.4 Å². The molecule has 3 rings (SSSR count). The lowest BCUT2D eigenvalue weighted by molar-refractivity contribution is -0.385. The number of rotatable bonds is 6. The van der Waals surface area contributed by atoms with Crippen molar-refractivity contribution in [3.63, 3.8) is 0 Å². The van der Waals surface area contributed by atoms with Crippen LogP contribution >= 0.6 is 15.9 Å². The lowest BCUT2D eigenvalue weighted by Crippen LogP contribution is -2.42. The zero-order chi connectivity index (χ0) is 15.5. The quantitative estimate of drug-likeness (QED) is 0.618. The number of nitrogens with one attached hydrogen (secondary N) is 1. The van der Waals surface area contributed by atoms with Crippen molar-refractivity contribution in [1.82, 2.24) is 10.2 Å². The summed E-state index contributed by atoms with van der Waals surface area (Å²) in [5.41, 5.74) is 1.16. The third-order valence-corrected chi connectivity index (χ3v) is 5.26. The molecule has 0 spiro atoms. The fourth-order valence-electron chi connectivity index (χ4n) is 3.01. The Balaban J connectivity index is 1.49. The summed E-state index contributed by atoms with van der Waals surface area (Å²) >= 11 is 3.23. The molecule has 0 unspecified atom stereocenters. The summed E-state index contributed by atoms with van der Waals surface area (Å²) in [6, 6.07) is 6.07. The van der Waals surface area contributed by atoms with Crippen LogP contribution in [-0.4, -0.2) is 35.5 Å². The van der Waals surface area contributed by atoms with Crippen molar-refractivity contribution >= 4 is 21.6 Å². The molecule has 1 saturated carbocycles. The minimum absolute atomic E-state index is 0.151. The van der Waals surface area contributed by atoms with Crippen LogP contribution in [0.2, 0.25) is 0 Å². The van der Waals surface area contributed by atoms with Crippen molar-refractivity contribution in [2.75, 3.05) is 19.6 Å². The summed E-state index contributed by atoms with van der Waals surface area (Å²) in [7, 11) is 0. The number of nitro groups is 1. The van der Waals surface area contributed by atoms with Gasteiger partial charge >= 0.3 is 0 Å². The number of piperidine rings is 1. The van der Waals surface area contributed by atoms with E-state index in [0.717, 1.165) is 31.1 Å². The fraction of sp³-hybridized carbons (Fsp3) is 0.625. The Hall–Kier alpha value is -0.980. The molecule has 0 aromatic heterocycles. The summed E-state index contributed by atoms with van der Waals surface area (Å²) in [5.74, 6) is 0.932. The minimum Gasteiger partial charge on any atom is -0.314 e. The van der Waals surface area contributed by atoms with Crippen molar-refractivity contribution < 1.29 is 4.92 Å². The first-order valence-electron chi connectivity index (χ1n) is 8.00. The van der Waals surface area contributed by atoms with Crippen molar-refractivity contribution in [3.05, 3.63) is 38.3 Å². The zero-order valence-corrected chi connectivity index (χ0v) is 14.2. The molecule has 6 heteroatoms. The van der Waals surface area contributed by atoms with Crippen molar-refractivity contribution in [2.45, 2.75) is 38.3 Å². The molecule has 1 aromatic rings. The number of hydrogen-bond donors (Lipinski definition) is 1. The monoisotopic (exact) mass is 367 g/mol. The first-order chi connectivity index (χ1) is 10.6. The van der Waals surface area contributed by atoms with Gasteiger partial charge in [0.2, 0.25) is 0 Å². The summed E-state index contributed by atoms with van der Waals surface area (Å²) < 4.78 is 0.546. The van der Waals surface area contributed by atoms with E-state index in [0.29, 0.717) is 10.5 Å². The largest absolute Gasteiger partial charge is 0.314 e. The maximum Gasteiger partial charge on any atom is 0.283 e. The smallest absolute Gasteiger partial charge is 0.283 e. The van der Waals surface area contributed by atoms with Gasteiger partial charge in [-0.1, -0.05) is 6.07 Å². The number of nitrogens with zero attached hydrogens (tertiary/aromatic N) is 2. The van der Waals surface area contributed by atoms with Gasteiger partial charge in [-0.05, 0) is 78.8 Å². The molecule has 0 atom stereocenters. The number of likely N-dealkylation sites (tertiary alicyclic amines) is 1. The second-order valence-electron chi connectivity index (χ2n) is 6.44. The van der Waals surface area contributed by atoms with Gasteiger partial charge in [0.1, 0.15) is 0 Å². The molecule has 1 heterocycles. The predicted molar refractivity (Wildman–Crippen MR) is 89.8 cm³/mol. The number of nitro benzene ring substituents is 1. The van der Waals surface area contributed by atoms with Crippen LogP contribution < -0.4 is 5.32 Å². The molecule has 1 aromatic carbocycles. The molecule has 5 nitrogen and oxygen atoms in total. The SMILES string of the molecule is O=[N+]([O-])c1cc(CN2CCC(NCC3CC3)CC2)ccc1Br. The fourth-order valence-corrected chi connectivity index (χ4v) is 3.40. The van der Waals surface area contributed by atoms with Gasteiger partial charge in [0, 0.05) is 18.7 Å². The maximum atomic E-state index is 11.0. The third kappa shape index (κ3) is 4.27. The molecule has 1 aliphatic carbocycles. The van der Waals surface area contributed by atoms with Crippen molar-refractivity contribution in [3.8, 4) is 0 Å². The van der Waals surface area contributed by atoms with Gasteiger partial charge in [-0.2, -0.15) is 0 Å². The van der Waals surface area contributed by atoms with Gasteiger partial charge in [-0.25, -0.2) is 0 Å². The predicted octanol–water partition coefficient (Wildman–Crippen LogP) is 3.32. The van der Waals surface area contributed by atoms with Crippen LogP contribution in [0.15, 0.2) is 22.7 Å². The first kappa shape index (κ1) is 15.9. The van der Waals surface area contributed by atoms with E-state index in [-0.39, 0.29) is 10.6 Å². The summed E-state index contributed by atoms with van der Waals surface area (Å²) in [5, 5.41) is 14.7. The molecule has 2 fully saturated rings. The van der Waals surface area contributed by atoms with Crippen LogP contribution in [0, 0.1) is 16.0 Å². The average molecular weight is 368 g/mol. The molecule has 2 aliphatic rings. The first-order valence-corrected chi connectivity index (χ1v) is 8.79. The molecule has 22 heavy (non-hydrogen) atoms. The second-order valence-corrected chi connectivity index (χ2v) is 7.30. The van der Waals surface area contributed by atoms with E-state index >= 15 is 0 Å². The Bertz CT molecular complexity index is 540. The van der Waals surface area contributed by atoms with Crippen LogP contribution in [0.3, 0.4) is 0 Å². The van der Waals surface area contributed by atoms with E-state index in [2.05, 4.69) is 26.1 Å². The summed E-state index contributed by atoms with van der Waals surface area (Å²) in [6.07, 6.45) is 5.14. The highest BCUT2D eigenvalue weighted by molar-refractivity contribution is 9.10. The lowest BCUT2D eigenvalue weighted by atomic mass is 10.0. The Labute approximate surface area is 139 Å². The van der Waals surface area contributed by atoms with E-state index in [1.807, 2.05) is 6.07 Å². The van der Waals surface area contributed by atoms with E-state index in [1.165, 1.54) is 32.2 Å². The number of halogens is 1. The summed E-state index contributed by atoms with van der Waals surface area (Å²) in [4.78, 5) is 13.1. The standard InChI is InChI=1S/C16H22BrN3O2/c17-15-4-3-13(9-16(15)20(21)22)11-19-7-5-14(6-8-19)18-10-12-1-2-12/h3-4,9,12,14,18H,1-2,5-8,10-11H2. The molecule has 120 valence electrons. The second kappa shape index (κ2) is 7.06. The Kier molecular flexibility index (Phi) is 5.10. The molecule has 0 bridgehead atoms. The van der Waals surface area contributed by atoms with Gasteiger partial charge in [0.25, 0.3) is 5.69 Å². The van der Waals surface area contributed by atoms with E-state index in [1.54, 1.807) is 12.1 Å². The maximum absolute atomic E-state index is 11.0. The van der Waals surface area contributed by atoms with Gasteiger partial charge in [-0.3, -0.25) is 15.0 Å². The van der Waals surface area contributed by atoms with Crippen molar-refractivity contribution in [2.24, 2.45) is 5.92 Å². The van der Waals surface area contributed by atoms with Crippen LogP contribution in [0.25, 0.3) is 0 Å². The molecule has 1 saturated heterocycles.